The first-order valence-electron chi connectivity index (χ1n) is 22.2. The Balaban J connectivity index is 0.000000831. The van der Waals surface area contributed by atoms with E-state index in [1.165, 1.54) is 0 Å². The Morgan fingerprint density at radius 2 is 0.859 bits per heavy atom. The smallest absolute Gasteiger partial charge is 0.238 e. The summed E-state index contributed by atoms with van der Waals surface area (Å²) in [6.07, 6.45) is 3.62. The summed E-state index contributed by atoms with van der Waals surface area (Å²) in [5.41, 5.74) is 11.5. The summed E-state index contributed by atoms with van der Waals surface area (Å²) in [7, 11) is 0. The van der Waals surface area contributed by atoms with Gasteiger partial charge in [-0.2, -0.15) is 9.97 Å². The highest BCUT2D eigenvalue weighted by Crippen LogP contribution is 2.39. The van der Waals surface area contributed by atoms with Crippen LogP contribution in [0.1, 0.15) is 41.5 Å². The lowest BCUT2D eigenvalue weighted by molar-refractivity contribution is 0.954. The van der Waals surface area contributed by atoms with Crippen molar-refractivity contribution in [3.05, 3.63) is 182 Å². The van der Waals surface area contributed by atoms with Gasteiger partial charge in [-0.15, -0.1) is 0 Å². The lowest BCUT2D eigenvalue weighted by atomic mass is 10.0. The summed E-state index contributed by atoms with van der Waals surface area (Å²) >= 11 is 0. The summed E-state index contributed by atoms with van der Waals surface area (Å²) in [6, 6.07) is 58.3. The molecular formula is C56H48N8. The van der Waals surface area contributed by atoms with Crippen LogP contribution in [-0.2, 0) is 0 Å². The first kappa shape index (κ1) is 41.3. The van der Waals surface area contributed by atoms with Gasteiger partial charge in [-0.3, -0.25) is 18.9 Å². The number of aromatic nitrogens is 8. The molecule has 0 spiro atoms. The van der Waals surface area contributed by atoms with Crippen molar-refractivity contribution >= 4 is 60.2 Å². The number of para-hydroxylation sites is 4. The monoisotopic (exact) mass is 832 g/mol. The molecular weight excluding hydrogens is 785 g/mol. The SMILES string of the molecule is CC.CC.CC.c1ccc(-c2cccc(-c3nc(-c4cccc(-c5ccccn5)c4)nc(-n4c5ccccc5c5cc6c(cc54)c4ccccc4n4c5ccccc5nc64)n3)c2)nc1. The van der Waals surface area contributed by atoms with Gasteiger partial charge in [-0.1, -0.05) is 139 Å². The van der Waals surface area contributed by atoms with E-state index >= 15 is 0 Å². The minimum Gasteiger partial charge on any atom is -0.292 e. The van der Waals surface area contributed by atoms with Gasteiger partial charge in [0.15, 0.2) is 11.6 Å². The van der Waals surface area contributed by atoms with Crippen LogP contribution in [0, 0.1) is 0 Å². The quantitative estimate of drug-likeness (QED) is 0.161. The first-order valence-corrected chi connectivity index (χ1v) is 22.2. The molecule has 0 aliphatic carbocycles. The molecule has 0 aliphatic rings. The molecule has 6 aromatic carbocycles. The van der Waals surface area contributed by atoms with Gasteiger partial charge in [0.25, 0.3) is 0 Å². The van der Waals surface area contributed by atoms with Crippen LogP contribution < -0.4 is 0 Å². The molecule has 0 unspecified atom stereocenters. The van der Waals surface area contributed by atoms with Crippen molar-refractivity contribution in [3.63, 3.8) is 0 Å². The molecule has 0 amide bonds. The van der Waals surface area contributed by atoms with Gasteiger partial charge < -0.3 is 0 Å². The number of imidazole rings is 1. The summed E-state index contributed by atoms with van der Waals surface area (Å²) in [6.45, 7) is 12.0. The molecule has 6 aromatic heterocycles. The van der Waals surface area contributed by atoms with Gasteiger partial charge in [0.1, 0.15) is 5.65 Å². The van der Waals surface area contributed by atoms with Crippen LogP contribution in [0.2, 0.25) is 0 Å². The largest absolute Gasteiger partial charge is 0.292 e. The van der Waals surface area contributed by atoms with Crippen molar-refractivity contribution in [1.82, 2.24) is 38.9 Å². The average molecular weight is 833 g/mol. The highest BCUT2D eigenvalue weighted by molar-refractivity contribution is 6.21. The lowest BCUT2D eigenvalue weighted by Gasteiger charge is -2.13. The minimum absolute atomic E-state index is 0.522. The van der Waals surface area contributed by atoms with E-state index in [1.54, 1.807) is 0 Å². The maximum atomic E-state index is 5.30. The summed E-state index contributed by atoms with van der Waals surface area (Å²) in [5, 5.41) is 5.52. The van der Waals surface area contributed by atoms with Crippen LogP contribution in [0.3, 0.4) is 0 Å². The lowest BCUT2D eigenvalue weighted by Crippen LogP contribution is -2.06. The Morgan fingerprint density at radius 1 is 0.344 bits per heavy atom. The molecule has 0 aliphatic heterocycles. The molecule has 0 bridgehead atoms. The molecule has 8 heteroatoms. The zero-order valence-electron chi connectivity index (χ0n) is 36.9. The Labute approximate surface area is 372 Å². The molecule has 0 radical (unpaired) electrons. The fourth-order valence-electron chi connectivity index (χ4n) is 8.41. The van der Waals surface area contributed by atoms with Crippen LogP contribution in [0.4, 0.5) is 0 Å². The van der Waals surface area contributed by atoms with Crippen LogP contribution in [0.25, 0.3) is 111 Å². The highest BCUT2D eigenvalue weighted by Gasteiger charge is 2.21. The highest BCUT2D eigenvalue weighted by atomic mass is 15.2. The van der Waals surface area contributed by atoms with E-state index in [-0.39, 0.29) is 0 Å². The van der Waals surface area contributed by atoms with Gasteiger partial charge in [0, 0.05) is 56.2 Å². The average Bonchev–Trinajstić information content (AvgIpc) is 3.94. The third-order valence-corrected chi connectivity index (χ3v) is 11.0. The zero-order valence-corrected chi connectivity index (χ0v) is 36.9. The zero-order chi connectivity index (χ0) is 44.2. The van der Waals surface area contributed by atoms with Crippen LogP contribution in [0.5, 0.6) is 0 Å². The Morgan fingerprint density at radius 3 is 1.45 bits per heavy atom. The van der Waals surface area contributed by atoms with Gasteiger partial charge in [0.2, 0.25) is 5.95 Å². The Kier molecular flexibility index (Phi) is 11.7. The molecule has 312 valence electrons. The predicted octanol–water partition coefficient (Wildman–Crippen LogP) is 14.6. The summed E-state index contributed by atoms with van der Waals surface area (Å²) < 4.78 is 4.48. The summed E-state index contributed by atoms with van der Waals surface area (Å²) in [4.78, 5) is 30.2. The van der Waals surface area contributed by atoms with Crippen LogP contribution in [0.15, 0.2) is 182 Å². The van der Waals surface area contributed by atoms with Crippen LogP contribution in [-0.4, -0.2) is 38.9 Å². The number of pyridine rings is 3. The van der Waals surface area contributed by atoms with Crippen LogP contribution >= 0.6 is 0 Å². The van der Waals surface area contributed by atoms with Gasteiger partial charge in [-0.05, 0) is 78.2 Å². The van der Waals surface area contributed by atoms with Crippen molar-refractivity contribution in [2.24, 2.45) is 0 Å². The Hall–Kier alpha value is -8.10. The number of nitrogens with zero attached hydrogens (tertiary/aromatic N) is 8. The molecule has 0 fully saturated rings. The van der Waals surface area contributed by atoms with E-state index in [2.05, 4.69) is 122 Å². The van der Waals surface area contributed by atoms with Crippen molar-refractivity contribution in [2.45, 2.75) is 41.5 Å². The fourth-order valence-corrected chi connectivity index (χ4v) is 8.41. The normalized spacial score (nSPS) is 11.0. The molecule has 8 nitrogen and oxygen atoms in total. The molecule has 0 saturated heterocycles. The molecule has 12 rings (SSSR count). The predicted molar refractivity (Wildman–Crippen MR) is 267 cm³/mol. The topological polar surface area (TPSA) is 86.7 Å². The van der Waals surface area contributed by atoms with Gasteiger partial charge in [0.05, 0.1) is 39.0 Å². The van der Waals surface area contributed by atoms with Crippen molar-refractivity contribution in [1.29, 1.82) is 0 Å². The molecule has 0 saturated carbocycles. The summed E-state index contributed by atoms with van der Waals surface area (Å²) in [5.74, 6) is 1.64. The second kappa shape index (κ2) is 18.1. The second-order valence-corrected chi connectivity index (χ2v) is 14.4. The number of hydrogen-bond acceptors (Lipinski definition) is 6. The molecule has 6 heterocycles. The third kappa shape index (κ3) is 7.18. The van der Waals surface area contributed by atoms with E-state index in [0.717, 1.165) is 93.8 Å². The van der Waals surface area contributed by atoms with Crippen molar-refractivity contribution in [2.75, 3.05) is 0 Å². The molecule has 64 heavy (non-hydrogen) atoms. The standard InChI is InChI=1S/C50H30N8.3C2H6/c1-4-22-43-35(17-1)37-30-46-38(29-39(37)49-53-42-21-3-6-24-45(42)57(43)49)36-18-2-5-23-44(36)58(46)50-55-47(33-15-11-13-31(27-33)40-19-7-9-25-51-40)54-48(56-50)34-16-12-14-32(28-34)41-20-8-10-26-52-41;3*1-2/h1-30H;3*1-2H3. The Bertz CT molecular complexity index is 3470. The van der Waals surface area contributed by atoms with E-state index in [9.17, 15) is 0 Å². The molecule has 12 aromatic rings. The minimum atomic E-state index is 0.522. The van der Waals surface area contributed by atoms with E-state index in [1.807, 2.05) is 121 Å². The fraction of sp³-hybridized carbons (Fsp3) is 0.107. The van der Waals surface area contributed by atoms with Gasteiger partial charge in [-0.25, -0.2) is 9.97 Å². The van der Waals surface area contributed by atoms with E-state index in [4.69, 9.17) is 19.9 Å². The maximum Gasteiger partial charge on any atom is 0.238 e. The first-order chi connectivity index (χ1) is 31.7. The van der Waals surface area contributed by atoms with E-state index in [0.29, 0.717) is 17.6 Å². The third-order valence-electron chi connectivity index (χ3n) is 11.0. The molecule has 0 N–H and O–H groups in total. The molecule has 0 atom stereocenters. The second-order valence-electron chi connectivity index (χ2n) is 14.4. The number of benzene rings is 6. The van der Waals surface area contributed by atoms with Crippen molar-refractivity contribution < 1.29 is 0 Å². The van der Waals surface area contributed by atoms with Gasteiger partial charge >= 0.3 is 0 Å². The maximum absolute atomic E-state index is 5.30. The number of fused-ring (bicyclic) bond motifs is 11. The number of rotatable bonds is 5. The number of hydrogen-bond donors (Lipinski definition) is 0. The van der Waals surface area contributed by atoms with Crippen molar-refractivity contribution in [3.8, 4) is 51.2 Å². The van der Waals surface area contributed by atoms with E-state index < -0.39 is 0 Å².